The van der Waals surface area contributed by atoms with Crippen LogP contribution in [0.5, 0.6) is 0 Å². The number of sulfonamides is 1. The van der Waals surface area contributed by atoms with E-state index in [1.807, 2.05) is 20.8 Å². The summed E-state index contributed by atoms with van der Waals surface area (Å²) in [4.78, 5) is 14.3. The second-order valence-electron chi connectivity index (χ2n) is 7.68. The molecule has 1 atom stereocenters. The van der Waals surface area contributed by atoms with Crippen LogP contribution in [0.15, 0.2) is 29.2 Å². The fraction of sp³-hybridized carbons (Fsp3) is 0.611. The summed E-state index contributed by atoms with van der Waals surface area (Å²) < 4.78 is 28.2. The normalized spacial score (nSPS) is 19.4. The predicted molar refractivity (Wildman–Crippen MR) is 96.7 cm³/mol. The number of likely N-dealkylation sites (tertiary alicyclic amines) is 1. The molecule has 1 aliphatic heterocycles. The first-order valence-corrected chi connectivity index (χ1v) is 10.2. The molecule has 0 aromatic heterocycles. The predicted octanol–water partition coefficient (Wildman–Crippen LogP) is 2.91. The second-order valence-corrected chi connectivity index (χ2v) is 9.24. The third-order valence-electron chi connectivity index (χ3n) is 4.20. The number of nitrogens with two attached hydrogens (primary N) is 1. The molecule has 1 heterocycles. The van der Waals surface area contributed by atoms with E-state index in [0.717, 1.165) is 37.8 Å². The second kappa shape index (κ2) is 7.74. The number of hydrogen-bond donors (Lipinski definition) is 1. The van der Waals surface area contributed by atoms with Gasteiger partial charge in [0.15, 0.2) is 0 Å². The highest BCUT2D eigenvalue weighted by Gasteiger charge is 2.26. The van der Waals surface area contributed by atoms with Gasteiger partial charge in [-0.2, -0.15) is 0 Å². The highest BCUT2D eigenvalue weighted by atomic mass is 32.2. The molecule has 0 spiro atoms. The van der Waals surface area contributed by atoms with Crippen molar-refractivity contribution in [2.24, 2.45) is 11.1 Å². The lowest BCUT2D eigenvalue weighted by atomic mass is 9.95. The van der Waals surface area contributed by atoms with Crippen molar-refractivity contribution in [3.63, 3.8) is 0 Å². The van der Waals surface area contributed by atoms with E-state index in [9.17, 15) is 13.2 Å². The van der Waals surface area contributed by atoms with E-state index >= 15 is 0 Å². The van der Waals surface area contributed by atoms with Crippen LogP contribution in [0.3, 0.4) is 0 Å². The summed E-state index contributed by atoms with van der Waals surface area (Å²) >= 11 is 0. The fourth-order valence-electron chi connectivity index (χ4n) is 3.04. The van der Waals surface area contributed by atoms with E-state index in [2.05, 4.69) is 0 Å². The van der Waals surface area contributed by atoms with Crippen molar-refractivity contribution < 1.29 is 17.9 Å². The van der Waals surface area contributed by atoms with E-state index in [4.69, 9.17) is 9.88 Å². The number of ether oxygens (including phenoxy) is 1. The van der Waals surface area contributed by atoms with Gasteiger partial charge in [0.25, 0.3) is 0 Å². The Morgan fingerprint density at radius 1 is 1.24 bits per heavy atom. The van der Waals surface area contributed by atoms with Gasteiger partial charge in [-0.1, -0.05) is 18.6 Å². The lowest BCUT2D eigenvalue weighted by Gasteiger charge is -2.28. The lowest BCUT2D eigenvalue weighted by Crippen LogP contribution is -2.39. The smallest absolute Gasteiger partial charge is 0.410 e. The molecular weight excluding hydrogens is 340 g/mol. The molecule has 0 aliphatic carbocycles. The van der Waals surface area contributed by atoms with Gasteiger partial charge in [-0.3, -0.25) is 0 Å². The lowest BCUT2D eigenvalue weighted by molar-refractivity contribution is 0.0234. The molecular formula is C18H28N2O4S. The summed E-state index contributed by atoms with van der Waals surface area (Å²) in [5.41, 5.74) is 0.547. The van der Waals surface area contributed by atoms with Crippen LogP contribution >= 0.6 is 0 Å². The van der Waals surface area contributed by atoms with Gasteiger partial charge in [0, 0.05) is 13.1 Å². The van der Waals surface area contributed by atoms with Crippen molar-refractivity contribution in [2.75, 3.05) is 13.1 Å². The Kier molecular flexibility index (Phi) is 6.11. The van der Waals surface area contributed by atoms with Crippen molar-refractivity contribution in [3.05, 3.63) is 29.8 Å². The van der Waals surface area contributed by atoms with E-state index in [0.29, 0.717) is 12.5 Å². The van der Waals surface area contributed by atoms with Gasteiger partial charge in [-0.15, -0.1) is 0 Å². The molecule has 1 aromatic carbocycles. The third kappa shape index (κ3) is 6.32. The maximum atomic E-state index is 12.3. The van der Waals surface area contributed by atoms with Crippen LogP contribution in [0, 0.1) is 5.92 Å². The highest BCUT2D eigenvalue weighted by Crippen LogP contribution is 2.23. The molecule has 1 aromatic rings. The number of benzene rings is 1. The van der Waals surface area contributed by atoms with Crippen molar-refractivity contribution in [3.8, 4) is 0 Å². The third-order valence-corrected chi connectivity index (χ3v) is 5.13. The Morgan fingerprint density at radius 2 is 1.88 bits per heavy atom. The number of amides is 1. The van der Waals surface area contributed by atoms with Gasteiger partial charge in [0.05, 0.1) is 4.90 Å². The molecule has 1 amide bonds. The number of primary sulfonamides is 1. The summed E-state index contributed by atoms with van der Waals surface area (Å²) in [7, 11) is -3.67. The SMILES string of the molecule is CC(C)(C)OC(=O)N1CCCCC(Cc2ccc(S(N)(=O)=O)cc2)C1. The van der Waals surface area contributed by atoms with Crippen LogP contribution in [-0.2, 0) is 21.2 Å². The topological polar surface area (TPSA) is 89.7 Å². The number of carbonyl (C=O) groups excluding carboxylic acids is 1. The Morgan fingerprint density at radius 3 is 2.44 bits per heavy atom. The summed E-state index contributed by atoms with van der Waals surface area (Å²) in [5.74, 6) is 0.329. The monoisotopic (exact) mass is 368 g/mol. The Labute approximate surface area is 150 Å². The average Bonchev–Trinajstić information content (AvgIpc) is 2.71. The van der Waals surface area contributed by atoms with Gasteiger partial charge in [0.1, 0.15) is 5.60 Å². The molecule has 2 N–H and O–H groups in total. The minimum absolute atomic E-state index is 0.118. The molecule has 6 nitrogen and oxygen atoms in total. The zero-order valence-electron chi connectivity index (χ0n) is 15.2. The van der Waals surface area contributed by atoms with Gasteiger partial charge >= 0.3 is 6.09 Å². The maximum absolute atomic E-state index is 12.3. The number of nitrogens with zero attached hydrogens (tertiary/aromatic N) is 1. The van der Waals surface area contributed by atoms with Gasteiger partial charge < -0.3 is 9.64 Å². The van der Waals surface area contributed by atoms with Crippen molar-refractivity contribution in [2.45, 2.75) is 57.0 Å². The van der Waals surface area contributed by atoms with Gasteiger partial charge in [-0.25, -0.2) is 18.4 Å². The zero-order valence-corrected chi connectivity index (χ0v) is 16.0. The standard InChI is InChI=1S/C18H28N2O4S/c1-18(2,3)24-17(21)20-11-5-4-6-15(13-20)12-14-7-9-16(10-8-14)25(19,22)23/h7-10,15H,4-6,11-13H2,1-3H3,(H2,19,22,23). The number of carbonyl (C=O) groups is 1. The summed E-state index contributed by atoms with van der Waals surface area (Å²) in [6, 6.07) is 6.66. The quantitative estimate of drug-likeness (QED) is 0.888. The molecule has 0 saturated carbocycles. The summed E-state index contributed by atoms with van der Waals surface area (Å²) in [6.45, 7) is 6.98. The molecule has 140 valence electrons. The minimum atomic E-state index is -3.67. The van der Waals surface area contributed by atoms with Crippen molar-refractivity contribution >= 4 is 16.1 Å². The molecule has 25 heavy (non-hydrogen) atoms. The molecule has 1 fully saturated rings. The number of rotatable bonds is 3. The first-order chi connectivity index (χ1) is 11.5. The van der Waals surface area contributed by atoms with Crippen LogP contribution in [0.2, 0.25) is 0 Å². The largest absolute Gasteiger partial charge is 0.444 e. The molecule has 0 radical (unpaired) electrons. The van der Waals surface area contributed by atoms with E-state index in [1.165, 1.54) is 12.1 Å². The first-order valence-electron chi connectivity index (χ1n) is 8.64. The summed E-state index contributed by atoms with van der Waals surface area (Å²) in [6.07, 6.45) is 3.61. The zero-order chi connectivity index (χ0) is 18.7. The van der Waals surface area contributed by atoms with E-state index in [1.54, 1.807) is 17.0 Å². The molecule has 2 rings (SSSR count). The molecule has 0 bridgehead atoms. The maximum Gasteiger partial charge on any atom is 0.410 e. The number of hydrogen-bond acceptors (Lipinski definition) is 4. The van der Waals surface area contributed by atoms with E-state index in [-0.39, 0.29) is 11.0 Å². The van der Waals surface area contributed by atoms with E-state index < -0.39 is 15.6 Å². The van der Waals surface area contributed by atoms with Crippen LogP contribution in [-0.4, -0.2) is 38.1 Å². The Hall–Kier alpha value is -1.60. The van der Waals surface area contributed by atoms with Crippen LogP contribution in [0.1, 0.15) is 45.6 Å². The minimum Gasteiger partial charge on any atom is -0.444 e. The van der Waals surface area contributed by atoms with Gasteiger partial charge in [0.2, 0.25) is 10.0 Å². The summed E-state index contributed by atoms with van der Waals surface area (Å²) in [5, 5.41) is 5.13. The van der Waals surface area contributed by atoms with Crippen molar-refractivity contribution in [1.29, 1.82) is 0 Å². The first kappa shape index (κ1) is 19.7. The molecule has 7 heteroatoms. The van der Waals surface area contributed by atoms with Crippen molar-refractivity contribution in [1.82, 2.24) is 4.90 Å². The molecule has 1 unspecified atom stereocenters. The Bertz CT molecular complexity index is 693. The molecule has 1 aliphatic rings. The van der Waals surface area contributed by atoms with Gasteiger partial charge in [-0.05, 0) is 63.6 Å². The highest BCUT2D eigenvalue weighted by molar-refractivity contribution is 7.89. The fourth-order valence-corrected chi connectivity index (χ4v) is 3.55. The van der Waals surface area contributed by atoms with Crippen LogP contribution in [0.25, 0.3) is 0 Å². The van der Waals surface area contributed by atoms with Crippen LogP contribution < -0.4 is 5.14 Å². The molecule has 1 saturated heterocycles. The average molecular weight is 368 g/mol. The van der Waals surface area contributed by atoms with Crippen LogP contribution in [0.4, 0.5) is 4.79 Å². The Balaban J connectivity index is 2.02.